The molecule has 2 aromatic heterocycles. The van der Waals surface area contributed by atoms with Crippen LogP contribution in [-0.4, -0.2) is 33.7 Å². The lowest BCUT2D eigenvalue weighted by Gasteiger charge is -2.20. The lowest BCUT2D eigenvalue weighted by atomic mass is 10.3. The van der Waals surface area contributed by atoms with E-state index in [0.29, 0.717) is 11.8 Å². The zero-order valence-electron chi connectivity index (χ0n) is 10.3. The van der Waals surface area contributed by atoms with Crippen molar-refractivity contribution >= 4 is 11.3 Å². The van der Waals surface area contributed by atoms with Crippen LogP contribution in [0.1, 0.15) is 29.8 Å². The van der Waals surface area contributed by atoms with Crippen molar-refractivity contribution in [3.8, 4) is 0 Å². The van der Waals surface area contributed by atoms with Gasteiger partial charge in [-0.05, 0) is 14.0 Å². The SMILES string of the molecule is Cc1nnc(C(C)N(C)CCc2nccs2)o1. The summed E-state index contributed by atoms with van der Waals surface area (Å²) in [5, 5.41) is 11.0. The van der Waals surface area contributed by atoms with Gasteiger partial charge in [0.15, 0.2) is 0 Å². The maximum atomic E-state index is 5.43. The zero-order chi connectivity index (χ0) is 12.3. The summed E-state index contributed by atoms with van der Waals surface area (Å²) in [4.78, 5) is 6.45. The van der Waals surface area contributed by atoms with Crippen LogP contribution in [0.5, 0.6) is 0 Å². The first-order chi connectivity index (χ1) is 8.16. The predicted octanol–water partition coefficient (Wildman–Crippen LogP) is 2.07. The topological polar surface area (TPSA) is 55.1 Å². The highest BCUT2D eigenvalue weighted by Gasteiger charge is 2.17. The standard InChI is InChI=1S/C11H16N4OS/c1-8(11-14-13-9(2)16-11)15(3)6-4-10-12-5-7-17-10/h5,7-8H,4,6H2,1-3H3. The first-order valence-corrected chi connectivity index (χ1v) is 6.43. The number of hydrogen-bond acceptors (Lipinski definition) is 6. The van der Waals surface area contributed by atoms with E-state index in [0.717, 1.165) is 18.0 Å². The predicted molar refractivity (Wildman–Crippen MR) is 65.9 cm³/mol. The largest absolute Gasteiger partial charge is 0.424 e. The van der Waals surface area contributed by atoms with Gasteiger partial charge in [0.2, 0.25) is 11.8 Å². The Labute approximate surface area is 105 Å². The van der Waals surface area contributed by atoms with Crippen LogP contribution in [0.4, 0.5) is 0 Å². The Balaban J connectivity index is 1.89. The van der Waals surface area contributed by atoms with Crippen LogP contribution >= 0.6 is 11.3 Å². The molecule has 0 saturated carbocycles. The highest BCUT2D eigenvalue weighted by molar-refractivity contribution is 7.09. The fraction of sp³-hybridized carbons (Fsp3) is 0.545. The Bertz CT molecular complexity index is 454. The molecule has 1 atom stereocenters. The third-order valence-electron chi connectivity index (χ3n) is 2.72. The number of aromatic nitrogens is 3. The van der Waals surface area contributed by atoms with Gasteiger partial charge in [0.1, 0.15) is 0 Å². The molecule has 92 valence electrons. The highest BCUT2D eigenvalue weighted by atomic mass is 32.1. The number of thiazole rings is 1. The van der Waals surface area contributed by atoms with Gasteiger partial charge < -0.3 is 4.42 Å². The smallest absolute Gasteiger partial charge is 0.233 e. The van der Waals surface area contributed by atoms with Gasteiger partial charge in [0.25, 0.3) is 0 Å². The van der Waals surface area contributed by atoms with Gasteiger partial charge in [0.05, 0.1) is 11.0 Å². The molecule has 6 heteroatoms. The van der Waals surface area contributed by atoms with Gasteiger partial charge in [-0.15, -0.1) is 21.5 Å². The van der Waals surface area contributed by atoms with Gasteiger partial charge in [0, 0.05) is 31.5 Å². The summed E-state index contributed by atoms with van der Waals surface area (Å²) in [6, 6.07) is 0.135. The summed E-state index contributed by atoms with van der Waals surface area (Å²) in [6.07, 6.45) is 2.79. The summed E-state index contributed by atoms with van der Waals surface area (Å²) in [5.74, 6) is 1.28. The van der Waals surface area contributed by atoms with E-state index in [1.807, 2.05) is 11.6 Å². The van der Waals surface area contributed by atoms with Gasteiger partial charge in [-0.2, -0.15) is 0 Å². The minimum atomic E-state index is 0.135. The maximum Gasteiger partial charge on any atom is 0.233 e. The molecule has 2 heterocycles. The molecule has 17 heavy (non-hydrogen) atoms. The van der Waals surface area contributed by atoms with Gasteiger partial charge >= 0.3 is 0 Å². The Morgan fingerprint density at radius 3 is 2.88 bits per heavy atom. The second kappa shape index (κ2) is 5.37. The maximum absolute atomic E-state index is 5.43. The molecule has 2 aromatic rings. The molecule has 2 rings (SSSR count). The fourth-order valence-electron chi connectivity index (χ4n) is 1.51. The van der Waals surface area contributed by atoms with Crippen LogP contribution in [0.2, 0.25) is 0 Å². The molecule has 5 nitrogen and oxygen atoms in total. The van der Waals surface area contributed by atoms with Crippen molar-refractivity contribution in [2.24, 2.45) is 0 Å². The van der Waals surface area contributed by atoms with Crippen LogP contribution in [0, 0.1) is 6.92 Å². The summed E-state index contributed by atoms with van der Waals surface area (Å²) in [6.45, 7) is 4.80. The summed E-state index contributed by atoms with van der Waals surface area (Å²) >= 11 is 1.69. The van der Waals surface area contributed by atoms with E-state index in [1.54, 1.807) is 18.3 Å². The van der Waals surface area contributed by atoms with E-state index < -0.39 is 0 Å². The van der Waals surface area contributed by atoms with Crippen LogP contribution < -0.4 is 0 Å². The second-order valence-electron chi connectivity index (χ2n) is 3.99. The molecule has 0 amide bonds. The highest BCUT2D eigenvalue weighted by Crippen LogP contribution is 2.17. The molecule has 0 fully saturated rings. The molecule has 0 saturated heterocycles. The molecule has 1 unspecified atom stereocenters. The van der Waals surface area contributed by atoms with E-state index in [9.17, 15) is 0 Å². The van der Waals surface area contributed by atoms with Crippen molar-refractivity contribution in [1.29, 1.82) is 0 Å². The quantitative estimate of drug-likeness (QED) is 0.815. The number of aryl methyl sites for hydroxylation is 1. The zero-order valence-corrected chi connectivity index (χ0v) is 11.1. The van der Waals surface area contributed by atoms with Crippen LogP contribution in [0.25, 0.3) is 0 Å². The first kappa shape index (κ1) is 12.2. The normalized spacial score (nSPS) is 13.2. The van der Waals surface area contributed by atoms with Crippen LogP contribution in [-0.2, 0) is 6.42 Å². The number of nitrogens with zero attached hydrogens (tertiary/aromatic N) is 4. The first-order valence-electron chi connectivity index (χ1n) is 5.55. The van der Waals surface area contributed by atoms with Crippen molar-refractivity contribution in [2.75, 3.05) is 13.6 Å². The van der Waals surface area contributed by atoms with E-state index >= 15 is 0 Å². The lowest BCUT2D eigenvalue weighted by molar-refractivity contribution is 0.225. The molecule has 0 aliphatic heterocycles. The summed E-state index contributed by atoms with van der Waals surface area (Å²) in [7, 11) is 2.05. The molecular formula is C11H16N4OS. The fourth-order valence-corrected chi connectivity index (χ4v) is 2.12. The van der Waals surface area contributed by atoms with Crippen LogP contribution in [0.15, 0.2) is 16.0 Å². The molecule has 0 radical (unpaired) electrons. The number of rotatable bonds is 5. The van der Waals surface area contributed by atoms with E-state index in [-0.39, 0.29) is 6.04 Å². The van der Waals surface area contributed by atoms with Crippen LogP contribution in [0.3, 0.4) is 0 Å². The number of likely N-dealkylation sites (N-methyl/N-ethyl adjacent to an activating group) is 1. The van der Waals surface area contributed by atoms with Gasteiger partial charge in [-0.1, -0.05) is 0 Å². The molecule has 0 bridgehead atoms. The average Bonchev–Trinajstić information content (AvgIpc) is 2.95. The summed E-state index contributed by atoms with van der Waals surface area (Å²) < 4.78 is 5.43. The minimum Gasteiger partial charge on any atom is -0.424 e. The van der Waals surface area contributed by atoms with E-state index in [1.165, 1.54) is 0 Å². The van der Waals surface area contributed by atoms with Crippen molar-refractivity contribution in [3.63, 3.8) is 0 Å². The van der Waals surface area contributed by atoms with Crippen molar-refractivity contribution in [2.45, 2.75) is 26.3 Å². The Morgan fingerprint density at radius 1 is 1.47 bits per heavy atom. The minimum absolute atomic E-state index is 0.135. The molecule has 0 aliphatic rings. The van der Waals surface area contributed by atoms with E-state index in [4.69, 9.17) is 4.42 Å². The monoisotopic (exact) mass is 252 g/mol. The third-order valence-corrected chi connectivity index (χ3v) is 3.56. The molecule has 0 aliphatic carbocycles. The molecule has 0 aromatic carbocycles. The van der Waals surface area contributed by atoms with Crippen molar-refractivity contribution in [1.82, 2.24) is 20.1 Å². The Morgan fingerprint density at radius 2 is 2.29 bits per heavy atom. The second-order valence-corrected chi connectivity index (χ2v) is 4.97. The lowest BCUT2D eigenvalue weighted by Crippen LogP contribution is -2.25. The summed E-state index contributed by atoms with van der Waals surface area (Å²) in [5.41, 5.74) is 0. The Hall–Kier alpha value is -1.27. The number of hydrogen-bond donors (Lipinski definition) is 0. The van der Waals surface area contributed by atoms with Gasteiger partial charge in [-0.25, -0.2) is 4.98 Å². The van der Waals surface area contributed by atoms with Gasteiger partial charge in [-0.3, -0.25) is 4.90 Å². The van der Waals surface area contributed by atoms with Crippen molar-refractivity contribution in [3.05, 3.63) is 28.4 Å². The van der Waals surface area contributed by atoms with Crippen molar-refractivity contribution < 1.29 is 4.42 Å². The third kappa shape index (κ3) is 3.10. The molecular weight excluding hydrogens is 236 g/mol. The molecule has 0 N–H and O–H groups in total. The Kier molecular flexibility index (Phi) is 3.86. The van der Waals surface area contributed by atoms with E-state index in [2.05, 4.69) is 34.1 Å². The average molecular weight is 252 g/mol. The molecule has 0 spiro atoms.